The average molecular weight is 462 g/mol. The molecule has 3 aromatic carbocycles. The number of carbonyl (C=O) groups excluding carboxylic acids is 1. The summed E-state index contributed by atoms with van der Waals surface area (Å²) >= 11 is 0. The van der Waals surface area contributed by atoms with Crippen LogP contribution in [0, 0.1) is 0 Å². The van der Waals surface area contributed by atoms with Crippen molar-refractivity contribution < 1.29 is 17.6 Å². The molecule has 4 rings (SSSR count). The van der Waals surface area contributed by atoms with Gasteiger partial charge in [0.15, 0.2) is 0 Å². The molecule has 8 heteroatoms. The predicted molar refractivity (Wildman–Crippen MR) is 130 cm³/mol. The summed E-state index contributed by atoms with van der Waals surface area (Å²) in [4.78, 5) is 13.0. The van der Waals surface area contributed by atoms with Crippen LogP contribution in [0.15, 0.2) is 87.6 Å². The zero-order valence-corrected chi connectivity index (χ0v) is 18.8. The van der Waals surface area contributed by atoms with E-state index in [4.69, 9.17) is 10.3 Å². The summed E-state index contributed by atoms with van der Waals surface area (Å²) in [5, 5.41) is 7.98. The van der Waals surface area contributed by atoms with Crippen molar-refractivity contribution >= 4 is 38.4 Å². The van der Waals surface area contributed by atoms with Crippen molar-refractivity contribution in [2.24, 2.45) is 10.9 Å². The highest BCUT2D eigenvalue weighted by atomic mass is 32.2. The van der Waals surface area contributed by atoms with E-state index in [1.807, 2.05) is 36.4 Å². The third-order valence-electron chi connectivity index (χ3n) is 5.16. The summed E-state index contributed by atoms with van der Waals surface area (Å²) < 4.78 is 30.4. The first kappa shape index (κ1) is 22.3. The lowest BCUT2D eigenvalue weighted by molar-refractivity contribution is 0.102. The van der Waals surface area contributed by atoms with Crippen LogP contribution < -0.4 is 11.2 Å². The Bertz CT molecular complexity index is 1440. The van der Waals surface area contributed by atoms with Crippen molar-refractivity contribution in [1.29, 1.82) is 0 Å². The van der Waals surface area contributed by atoms with Crippen LogP contribution in [0.2, 0.25) is 0 Å². The number of carbonyl (C=O) groups is 1. The maximum Gasteiger partial charge on any atom is 0.255 e. The number of hydrogen-bond donors (Lipinski definition) is 2. The molecule has 0 spiro atoms. The van der Waals surface area contributed by atoms with Gasteiger partial charge in [-0.3, -0.25) is 4.79 Å². The van der Waals surface area contributed by atoms with Crippen molar-refractivity contribution in [3.8, 4) is 11.1 Å². The van der Waals surface area contributed by atoms with Gasteiger partial charge in [-0.15, -0.1) is 0 Å². The van der Waals surface area contributed by atoms with E-state index in [2.05, 4.69) is 10.4 Å². The first-order chi connectivity index (χ1) is 15.9. The third kappa shape index (κ3) is 4.80. The van der Waals surface area contributed by atoms with E-state index in [0.717, 1.165) is 16.3 Å². The number of anilines is 1. The molecule has 33 heavy (non-hydrogen) atoms. The van der Waals surface area contributed by atoms with Crippen LogP contribution in [0.3, 0.4) is 0 Å². The number of rotatable bonds is 7. The van der Waals surface area contributed by atoms with Crippen molar-refractivity contribution in [2.75, 3.05) is 11.1 Å². The largest absolute Gasteiger partial charge is 0.452 e. The lowest BCUT2D eigenvalue weighted by Crippen LogP contribution is -2.12. The second kappa shape index (κ2) is 9.30. The first-order valence-corrected chi connectivity index (χ1v) is 12.1. The monoisotopic (exact) mass is 461 g/mol. The Labute approximate surface area is 191 Å². The number of para-hydroxylation sites is 1. The summed E-state index contributed by atoms with van der Waals surface area (Å²) in [5.41, 5.74) is 3.11. The van der Waals surface area contributed by atoms with Gasteiger partial charge in [-0.05, 0) is 58.7 Å². The second-order valence-electron chi connectivity index (χ2n) is 7.58. The van der Waals surface area contributed by atoms with E-state index in [0.29, 0.717) is 28.8 Å². The highest BCUT2D eigenvalue weighted by Crippen LogP contribution is 2.33. The number of benzene rings is 3. The van der Waals surface area contributed by atoms with Crippen molar-refractivity contribution in [1.82, 2.24) is 0 Å². The second-order valence-corrected chi connectivity index (χ2v) is 9.62. The molecule has 1 heterocycles. The molecule has 0 aliphatic carbocycles. The maximum absolute atomic E-state index is 13.0. The van der Waals surface area contributed by atoms with Crippen LogP contribution in [-0.2, 0) is 9.84 Å². The van der Waals surface area contributed by atoms with Crippen LogP contribution in [0.1, 0.15) is 29.3 Å². The lowest BCUT2D eigenvalue weighted by atomic mass is 9.95. The highest BCUT2D eigenvalue weighted by molar-refractivity contribution is 7.91. The molecule has 1 aromatic heterocycles. The molecule has 7 nitrogen and oxygen atoms in total. The summed E-state index contributed by atoms with van der Waals surface area (Å²) in [6.45, 7) is 1.80. The van der Waals surface area contributed by atoms with Gasteiger partial charge in [0.1, 0.15) is 6.26 Å². The van der Waals surface area contributed by atoms with Gasteiger partial charge in [-0.1, -0.05) is 37.3 Å². The number of nitrogens with two attached hydrogens (primary N) is 1. The van der Waals surface area contributed by atoms with E-state index in [-0.39, 0.29) is 16.8 Å². The van der Waals surface area contributed by atoms with Gasteiger partial charge in [-0.2, -0.15) is 5.10 Å². The lowest BCUT2D eigenvalue weighted by Gasteiger charge is -2.11. The molecule has 168 valence electrons. The number of amides is 1. The standard InChI is InChI=1S/C25H23N3O4S/c1-2-10-33(30,31)24-14-20(16-32-24)23-13-19(25(29)28-21-6-4-3-5-7-21)12-18-9-8-17(15-27-26)11-22(18)23/h3-9,11-16H,2,10,26H2,1H3,(H,28,29). The van der Waals surface area contributed by atoms with Gasteiger partial charge in [0.2, 0.25) is 14.9 Å². The summed E-state index contributed by atoms with van der Waals surface area (Å²) in [6, 6.07) is 19.8. The topological polar surface area (TPSA) is 115 Å². The number of sulfone groups is 1. The van der Waals surface area contributed by atoms with Gasteiger partial charge < -0.3 is 15.6 Å². The number of hydrogen-bond acceptors (Lipinski definition) is 6. The minimum absolute atomic E-state index is 0.00264. The number of hydrazone groups is 1. The molecule has 0 saturated heterocycles. The van der Waals surface area contributed by atoms with Crippen molar-refractivity contribution in [3.05, 3.63) is 84.1 Å². The Morgan fingerprint density at radius 3 is 2.61 bits per heavy atom. The van der Waals surface area contributed by atoms with Crippen LogP contribution in [-0.4, -0.2) is 26.3 Å². The van der Waals surface area contributed by atoms with Crippen LogP contribution in [0.25, 0.3) is 21.9 Å². The number of nitrogens with one attached hydrogen (secondary N) is 1. The summed E-state index contributed by atoms with van der Waals surface area (Å²) in [6.07, 6.45) is 3.41. The molecule has 0 saturated carbocycles. The van der Waals surface area contributed by atoms with Gasteiger partial charge in [0, 0.05) is 22.9 Å². The molecule has 0 atom stereocenters. The van der Waals surface area contributed by atoms with E-state index in [1.165, 1.54) is 18.5 Å². The molecule has 0 radical (unpaired) electrons. The SMILES string of the molecule is CCCS(=O)(=O)c1cc(-c2cc(C(=O)Nc3ccccc3)cc3ccc(C=NN)cc23)co1. The molecule has 0 aliphatic heterocycles. The molecule has 0 unspecified atom stereocenters. The van der Waals surface area contributed by atoms with E-state index in [9.17, 15) is 13.2 Å². The van der Waals surface area contributed by atoms with Crippen LogP contribution >= 0.6 is 0 Å². The smallest absolute Gasteiger partial charge is 0.255 e. The van der Waals surface area contributed by atoms with Gasteiger partial charge in [-0.25, -0.2) is 8.42 Å². The Balaban J connectivity index is 1.84. The Morgan fingerprint density at radius 1 is 1.09 bits per heavy atom. The zero-order chi connectivity index (χ0) is 23.4. The number of furan rings is 1. The van der Waals surface area contributed by atoms with Gasteiger partial charge in [0.05, 0.1) is 12.0 Å². The molecule has 0 bridgehead atoms. The fourth-order valence-electron chi connectivity index (χ4n) is 3.63. The molecule has 4 aromatic rings. The van der Waals surface area contributed by atoms with E-state index < -0.39 is 9.84 Å². The van der Waals surface area contributed by atoms with Crippen LogP contribution in [0.4, 0.5) is 5.69 Å². The summed E-state index contributed by atoms with van der Waals surface area (Å²) in [7, 11) is -3.52. The molecule has 1 amide bonds. The highest BCUT2D eigenvalue weighted by Gasteiger charge is 2.20. The molecule has 0 fully saturated rings. The van der Waals surface area contributed by atoms with Gasteiger partial charge >= 0.3 is 0 Å². The average Bonchev–Trinajstić information content (AvgIpc) is 3.30. The van der Waals surface area contributed by atoms with Crippen molar-refractivity contribution in [3.63, 3.8) is 0 Å². The molecule has 3 N–H and O–H groups in total. The molecule has 0 aliphatic rings. The minimum Gasteiger partial charge on any atom is -0.452 e. The van der Waals surface area contributed by atoms with Crippen molar-refractivity contribution in [2.45, 2.75) is 18.4 Å². The quantitative estimate of drug-likeness (QED) is 0.232. The molecular formula is C25H23N3O4S. The van der Waals surface area contributed by atoms with Gasteiger partial charge in [0.25, 0.3) is 5.91 Å². The fraction of sp³-hybridized carbons (Fsp3) is 0.120. The number of nitrogens with zero attached hydrogens (tertiary/aromatic N) is 1. The maximum atomic E-state index is 13.0. The molecular weight excluding hydrogens is 438 g/mol. The minimum atomic E-state index is -3.52. The third-order valence-corrected chi connectivity index (χ3v) is 6.93. The zero-order valence-electron chi connectivity index (χ0n) is 18.0. The Morgan fingerprint density at radius 2 is 1.88 bits per heavy atom. The van der Waals surface area contributed by atoms with Crippen LogP contribution in [0.5, 0.6) is 0 Å². The normalized spacial score (nSPS) is 11.8. The Hall–Kier alpha value is -3.91. The van der Waals surface area contributed by atoms with E-state index in [1.54, 1.807) is 31.2 Å². The van der Waals surface area contributed by atoms with E-state index >= 15 is 0 Å². The first-order valence-electron chi connectivity index (χ1n) is 10.4. The number of fused-ring (bicyclic) bond motifs is 1. The Kier molecular flexibility index (Phi) is 6.28. The predicted octanol–water partition coefficient (Wildman–Crippen LogP) is 4.83. The summed E-state index contributed by atoms with van der Waals surface area (Å²) in [5.74, 6) is 5.02. The fourth-order valence-corrected chi connectivity index (χ4v) is 4.87.